The van der Waals surface area contributed by atoms with Crippen LogP contribution in [0.15, 0.2) is 24.4 Å². The van der Waals surface area contributed by atoms with Crippen LogP contribution in [0.1, 0.15) is 5.56 Å². The fraction of sp³-hybridized carbons (Fsp3) is 0.273. The number of hydrogen-bond donors (Lipinski definition) is 1. The van der Waals surface area contributed by atoms with E-state index in [9.17, 15) is 4.39 Å². The highest BCUT2D eigenvalue weighted by Gasteiger charge is 2.07. The van der Waals surface area contributed by atoms with E-state index in [1.807, 2.05) is 0 Å². The monoisotopic (exact) mass is 221 g/mol. The Balaban J connectivity index is 2.42. The molecule has 0 fully saturated rings. The Morgan fingerprint density at radius 2 is 2.25 bits per heavy atom. The van der Waals surface area contributed by atoms with Crippen LogP contribution in [-0.2, 0) is 6.54 Å². The van der Waals surface area contributed by atoms with E-state index in [1.54, 1.807) is 29.9 Å². The number of aryl methyl sites for hydroxylation is 1. The minimum atomic E-state index is -0.232. The van der Waals surface area contributed by atoms with Crippen molar-refractivity contribution in [2.24, 2.45) is 0 Å². The molecule has 4 nitrogen and oxygen atoms in total. The molecule has 0 saturated heterocycles. The second kappa shape index (κ2) is 4.40. The zero-order valence-corrected chi connectivity index (χ0v) is 8.89. The van der Waals surface area contributed by atoms with E-state index in [0.717, 1.165) is 11.3 Å². The number of nitrogens with zero attached hydrogens (tertiary/aromatic N) is 3. The van der Waals surface area contributed by atoms with Crippen molar-refractivity contribution in [2.45, 2.75) is 13.5 Å². The summed E-state index contributed by atoms with van der Waals surface area (Å²) in [4.78, 5) is 0. The van der Waals surface area contributed by atoms with Crippen LogP contribution in [0.3, 0.4) is 0 Å². The molecule has 2 rings (SSSR count). The van der Waals surface area contributed by atoms with Crippen molar-refractivity contribution in [1.82, 2.24) is 15.0 Å². The van der Waals surface area contributed by atoms with E-state index in [2.05, 4.69) is 10.3 Å². The average Bonchev–Trinajstić information content (AvgIpc) is 2.71. The van der Waals surface area contributed by atoms with Gasteiger partial charge in [0.15, 0.2) is 0 Å². The van der Waals surface area contributed by atoms with Crippen LogP contribution >= 0.6 is 0 Å². The van der Waals surface area contributed by atoms with E-state index < -0.39 is 0 Å². The molecule has 1 heterocycles. The van der Waals surface area contributed by atoms with Crippen LogP contribution in [0.2, 0.25) is 0 Å². The molecule has 0 unspecified atom stereocenters. The molecule has 1 N–H and O–H groups in total. The Morgan fingerprint density at radius 1 is 1.44 bits per heavy atom. The van der Waals surface area contributed by atoms with Gasteiger partial charge in [-0.25, -0.2) is 9.07 Å². The summed E-state index contributed by atoms with van der Waals surface area (Å²) in [5.41, 5.74) is 2.20. The molecule has 5 heteroatoms. The Morgan fingerprint density at radius 3 is 2.94 bits per heavy atom. The molecule has 0 spiro atoms. The predicted octanol–water partition coefficient (Wildman–Crippen LogP) is 1.38. The van der Waals surface area contributed by atoms with Gasteiger partial charge in [0.2, 0.25) is 0 Å². The molecule has 0 aliphatic rings. The van der Waals surface area contributed by atoms with E-state index in [4.69, 9.17) is 5.11 Å². The summed E-state index contributed by atoms with van der Waals surface area (Å²) in [7, 11) is 0. The van der Waals surface area contributed by atoms with Gasteiger partial charge in [-0.1, -0.05) is 5.21 Å². The van der Waals surface area contributed by atoms with Crippen molar-refractivity contribution in [3.05, 3.63) is 35.8 Å². The van der Waals surface area contributed by atoms with Crippen LogP contribution < -0.4 is 0 Å². The first-order valence-corrected chi connectivity index (χ1v) is 4.98. The summed E-state index contributed by atoms with van der Waals surface area (Å²) in [5, 5.41) is 16.5. The van der Waals surface area contributed by atoms with Gasteiger partial charge in [-0.05, 0) is 30.7 Å². The molecule has 1 aromatic carbocycles. The lowest BCUT2D eigenvalue weighted by Gasteiger charge is -2.05. The molecular weight excluding hydrogens is 209 g/mol. The fourth-order valence-corrected chi connectivity index (χ4v) is 1.55. The summed E-state index contributed by atoms with van der Waals surface area (Å²) in [5.74, 6) is -0.232. The lowest BCUT2D eigenvalue weighted by molar-refractivity contribution is 0.269. The van der Waals surface area contributed by atoms with Crippen molar-refractivity contribution in [1.29, 1.82) is 0 Å². The van der Waals surface area contributed by atoms with Gasteiger partial charge in [0.05, 0.1) is 25.0 Å². The zero-order valence-electron chi connectivity index (χ0n) is 8.89. The zero-order chi connectivity index (χ0) is 11.5. The molecule has 2 aromatic rings. The lowest BCUT2D eigenvalue weighted by Crippen LogP contribution is -2.05. The maximum atomic E-state index is 13.1. The highest BCUT2D eigenvalue weighted by molar-refractivity contribution is 5.59. The smallest absolute Gasteiger partial charge is 0.126 e. The standard InChI is InChI=1S/C11H12FN3O/c1-8-6-9(2-3-10(8)12)11-7-13-14-15(11)4-5-16/h2-3,6-7,16H,4-5H2,1H3. The molecule has 16 heavy (non-hydrogen) atoms. The van der Waals surface area contributed by atoms with Crippen molar-refractivity contribution in [3.8, 4) is 11.3 Å². The normalized spacial score (nSPS) is 10.7. The summed E-state index contributed by atoms with van der Waals surface area (Å²) in [6.07, 6.45) is 1.60. The highest BCUT2D eigenvalue weighted by atomic mass is 19.1. The molecule has 0 amide bonds. The van der Waals surface area contributed by atoms with Crippen LogP contribution in [0.25, 0.3) is 11.3 Å². The number of aliphatic hydroxyl groups is 1. The topological polar surface area (TPSA) is 50.9 Å². The Kier molecular flexibility index (Phi) is 2.96. The quantitative estimate of drug-likeness (QED) is 0.852. The number of aliphatic hydroxyl groups excluding tert-OH is 1. The van der Waals surface area contributed by atoms with Gasteiger partial charge in [-0.2, -0.15) is 0 Å². The summed E-state index contributed by atoms with van der Waals surface area (Å²) in [6, 6.07) is 4.83. The first kappa shape index (κ1) is 10.8. The van der Waals surface area contributed by atoms with Crippen LogP contribution in [0.4, 0.5) is 4.39 Å². The lowest BCUT2D eigenvalue weighted by atomic mass is 10.1. The Labute approximate surface area is 92.3 Å². The first-order valence-electron chi connectivity index (χ1n) is 4.98. The summed E-state index contributed by atoms with van der Waals surface area (Å²) in [6.45, 7) is 2.08. The van der Waals surface area contributed by atoms with Gasteiger partial charge < -0.3 is 5.11 Å². The Hall–Kier alpha value is -1.75. The average molecular weight is 221 g/mol. The van der Waals surface area contributed by atoms with Crippen molar-refractivity contribution in [3.63, 3.8) is 0 Å². The summed E-state index contributed by atoms with van der Waals surface area (Å²) < 4.78 is 14.7. The van der Waals surface area contributed by atoms with Crippen LogP contribution in [-0.4, -0.2) is 26.7 Å². The molecule has 0 aliphatic carbocycles. The molecular formula is C11H12FN3O. The molecule has 0 radical (unpaired) electrons. The van der Waals surface area contributed by atoms with E-state index >= 15 is 0 Å². The molecule has 1 aromatic heterocycles. The molecule has 84 valence electrons. The minimum Gasteiger partial charge on any atom is -0.394 e. The third-order valence-corrected chi connectivity index (χ3v) is 2.38. The number of aromatic nitrogens is 3. The predicted molar refractivity (Wildman–Crippen MR) is 57.2 cm³/mol. The fourth-order valence-electron chi connectivity index (χ4n) is 1.55. The van der Waals surface area contributed by atoms with E-state index in [1.165, 1.54) is 6.07 Å². The maximum absolute atomic E-state index is 13.1. The van der Waals surface area contributed by atoms with Crippen molar-refractivity contribution < 1.29 is 9.50 Å². The molecule has 0 aliphatic heterocycles. The van der Waals surface area contributed by atoms with Gasteiger partial charge in [0, 0.05) is 5.56 Å². The second-order valence-electron chi connectivity index (χ2n) is 3.53. The largest absolute Gasteiger partial charge is 0.394 e. The van der Waals surface area contributed by atoms with Gasteiger partial charge in [0.1, 0.15) is 5.82 Å². The van der Waals surface area contributed by atoms with Gasteiger partial charge >= 0.3 is 0 Å². The third-order valence-electron chi connectivity index (χ3n) is 2.38. The Bertz CT molecular complexity index is 496. The first-order chi connectivity index (χ1) is 7.72. The van der Waals surface area contributed by atoms with Gasteiger partial charge in [-0.15, -0.1) is 5.10 Å². The second-order valence-corrected chi connectivity index (χ2v) is 3.53. The molecule has 0 atom stereocenters. The maximum Gasteiger partial charge on any atom is 0.126 e. The van der Waals surface area contributed by atoms with Crippen LogP contribution in [0.5, 0.6) is 0 Å². The van der Waals surface area contributed by atoms with Crippen molar-refractivity contribution in [2.75, 3.05) is 6.61 Å². The minimum absolute atomic E-state index is 0.00344. The van der Waals surface area contributed by atoms with Crippen LogP contribution in [0, 0.1) is 12.7 Å². The number of rotatable bonds is 3. The van der Waals surface area contributed by atoms with Crippen molar-refractivity contribution >= 4 is 0 Å². The van der Waals surface area contributed by atoms with Gasteiger partial charge in [0.25, 0.3) is 0 Å². The third kappa shape index (κ3) is 1.94. The van der Waals surface area contributed by atoms with Gasteiger partial charge in [-0.3, -0.25) is 0 Å². The molecule has 0 bridgehead atoms. The number of benzene rings is 1. The van der Waals surface area contributed by atoms with E-state index in [0.29, 0.717) is 12.1 Å². The summed E-state index contributed by atoms with van der Waals surface area (Å²) >= 11 is 0. The SMILES string of the molecule is Cc1cc(-c2cnnn2CCO)ccc1F. The number of halogens is 1. The molecule has 0 saturated carbocycles. The highest BCUT2D eigenvalue weighted by Crippen LogP contribution is 2.20. The number of hydrogen-bond acceptors (Lipinski definition) is 3. The van der Waals surface area contributed by atoms with E-state index in [-0.39, 0.29) is 12.4 Å².